The maximum atomic E-state index is 11.3. The van der Waals surface area contributed by atoms with Gasteiger partial charge in [-0.2, -0.15) is 0 Å². The molecule has 0 aromatic carbocycles. The van der Waals surface area contributed by atoms with E-state index in [-0.39, 0.29) is 5.75 Å². The number of hydrogen-bond acceptors (Lipinski definition) is 4. The van der Waals surface area contributed by atoms with E-state index in [0.29, 0.717) is 12.5 Å². The zero-order chi connectivity index (χ0) is 10.2. The third-order valence-corrected chi connectivity index (χ3v) is 3.78. The molecule has 2 heterocycles. The quantitative estimate of drug-likeness (QED) is 0.606. The summed E-state index contributed by atoms with van der Waals surface area (Å²) in [6, 6.07) is 0. The van der Waals surface area contributed by atoms with E-state index in [1.54, 1.807) is 0 Å². The molecule has 0 atom stereocenters. The number of fused-ring (bicyclic) bond motifs is 1. The van der Waals surface area contributed by atoms with Crippen LogP contribution >= 0.6 is 0 Å². The predicted molar refractivity (Wildman–Crippen MR) is 54.7 cm³/mol. The van der Waals surface area contributed by atoms with E-state index < -0.39 is 10.0 Å². The normalized spacial score (nSPS) is 25.6. The number of rotatable bonds is 1. The summed E-state index contributed by atoms with van der Waals surface area (Å²) in [6.07, 6.45) is 1.09. The van der Waals surface area contributed by atoms with Crippen molar-refractivity contribution in [2.75, 3.05) is 31.9 Å². The molecule has 0 saturated carbocycles. The van der Waals surface area contributed by atoms with E-state index in [2.05, 4.69) is 9.30 Å². The Balaban J connectivity index is 2.32. The van der Waals surface area contributed by atoms with Gasteiger partial charge in [0.1, 0.15) is 0 Å². The number of sulfonamides is 1. The Morgan fingerprint density at radius 3 is 2.86 bits per heavy atom. The SMILES string of the molecule is CCN1CCCN2CCS(=O)(=O)N=C12. The van der Waals surface area contributed by atoms with Crippen LogP contribution in [0.25, 0.3) is 0 Å². The van der Waals surface area contributed by atoms with E-state index in [9.17, 15) is 8.42 Å². The van der Waals surface area contributed by atoms with Crippen molar-refractivity contribution in [1.82, 2.24) is 9.80 Å². The molecule has 0 bridgehead atoms. The van der Waals surface area contributed by atoms with Crippen molar-refractivity contribution in [2.24, 2.45) is 4.40 Å². The van der Waals surface area contributed by atoms with Gasteiger partial charge in [0.15, 0.2) is 0 Å². The summed E-state index contributed by atoms with van der Waals surface area (Å²) in [6.45, 7) is 5.29. The van der Waals surface area contributed by atoms with Crippen molar-refractivity contribution in [3.8, 4) is 0 Å². The van der Waals surface area contributed by atoms with Crippen LogP contribution in [0, 0.1) is 0 Å². The highest BCUT2D eigenvalue weighted by Crippen LogP contribution is 2.15. The van der Waals surface area contributed by atoms with Crippen molar-refractivity contribution < 1.29 is 8.42 Å². The van der Waals surface area contributed by atoms with Gasteiger partial charge in [-0.3, -0.25) is 0 Å². The van der Waals surface area contributed by atoms with Gasteiger partial charge in [-0.1, -0.05) is 0 Å². The lowest BCUT2D eigenvalue weighted by Gasteiger charge is -2.40. The monoisotopic (exact) mass is 217 g/mol. The average Bonchev–Trinajstić information content (AvgIpc) is 2.15. The average molecular weight is 217 g/mol. The third kappa shape index (κ3) is 1.70. The van der Waals surface area contributed by atoms with Gasteiger partial charge in [0.25, 0.3) is 10.0 Å². The van der Waals surface area contributed by atoms with Crippen molar-refractivity contribution in [1.29, 1.82) is 0 Å². The van der Waals surface area contributed by atoms with Crippen LogP contribution in [0.4, 0.5) is 0 Å². The second-order valence-corrected chi connectivity index (χ2v) is 5.35. The molecule has 2 aliphatic rings. The molecule has 0 aromatic heterocycles. The lowest BCUT2D eigenvalue weighted by atomic mass is 10.3. The second-order valence-electron chi connectivity index (χ2n) is 3.60. The highest BCUT2D eigenvalue weighted by Gasteiger charge is 2.29. The summed E-state index contributed by atoms with van der Waals surface area (Å²) in [5, 5.41) is 0. The third-order valence-electron chi connectivity index (χ3n) is 2.64. The predicted octanol–water partition coefficient (Wildman–Crippen LogP) is -0.287. The zero-order valence-electron chi connectivity index (χ0n) is 8.31. The van der Waals surface area contributed by atoms with Gasteiger partial charge in [0.2, 0.25) is 5.96 Å². The molecule has 0 aromatic rings. The maximum Gasteiger partial charge on any atom is 0.258 e. The Morgan fingerprint density at radius 1 is 1.36 bits per heavy atom. The minimum atomic E-state index is -3.19. The summed E-state index contributed by atoms with van der Waals surface area (Å²) in [5.74, 6) is 0.818. The van der Waals surface area contributed by atoms with Gasteiger partial charge in [-0.05, 0) is 13.3 Å². The van der Waals surface area contributed by atoms with Crippen LogP contribution in [0.1, 0.15) is 13.3 Å². The van der Waals surface area contributed by atoms with Crippen molar-refractivity contribution >= 4 is 16.0 Å². The highest BCUT2D eigenvalue weighted by molar-refractivity contribution is 7.90. The summed E-state index contributed by atoms with van der Waals surface area (Å²) in [5.41, 5.74) is 0. The van der Waals surface area contributed by atoms with Gasteiger partial charge >= 0.3 is 0 Å². The summed E-state index contributed by atoms with van der Waals surface area (Å²) < 4.78 is 26.5. The van der Waals surface area contributed by atoms with Crippen LogP contribution in [0.3, 0.4) is 0 Å². The smallest absolute Gasteiger partial charge is 0.258 e. The van der Waals surface area contributed by atoms with Gasteiger partial charge in [-0.15, -0.1) is 4.40 Å². The molecular formula is C8H15N3O2S. The molecule has 5 nitrogen and oxygen atoms in total. The molecule has 0 N–H and O–H groups in total. The molecule has 0 radical (unpaired) electrons. The molecule has 0 aliphatic carbocycles. The first-order valence-electron chi connectivity index (χ1n) is 4.95. The van der Waals surface area contributed by atoms with Crippen LogP contribution in [-0.4, -0.2) is 56.1 Å². The Hall–Kier alpha value is -0.780. The Bertz CT molecular complexity index is 350. The van der Waals surface area contributed by atoms with E-state index in [1.807, 2.05) is 11.8 Å². The van der Waals surface area contributed by atoms with Crippen LogP contribution in [0.2, 0.25) is 0 Å². The molecule has 0 unspecified atom stereocenters. The van der Waals surface area contributed by atoms with Gasteiger partial charge in [-0.25, -0.2) is 8.42 Å². The largest absolute Gasteiger partial charge is 0.342 e. The van der Waals surface area contributed by atoms with E-state index >= 15 is 0 Å². The first-order chi connectivity index (χ1) is 6.62. The van der Waals surface area contributed by atoms with Crippen molar-refractivity contribution in [2.45, 2.75) is 13.3 Å². The van der Waals surface area contributed by atoms with Crippen LogP contribution in [0.5, 0.6) is 0 Å². The van der Waals surface area contributed by atoms with Gasteiger partial charge in [0, 0.05) is 26.2 Å². The van der Waals surface area contributed by atoms with Gasteiger partial charge in [0.05, 0.1) is 5.75 Å². The number of hydrogen-bond donors (Lipinski definition) is 0. The first-order valence-corrected chi connectivity index (χ1v) is 6.56. The minimum Gasteiger partial charge on any atom is -0.342 e. The topological polar surface area (TPSA) is 53.0 Å². The molecule has 0 spiro atoms. The lowest BCUT2D eigenvalue weighted by Crippen LogP contribution is -2.53. The van der Waals surface area contributed by atoms with Crippen LogP contribution < -0.4 is 0 Å². The van der Waals surface area contributed by atoms with Crippen molar-refractivity contribution in [3.05, 3.63) is 0 Å². The molecule has 1 saturated heterocycles. The molecule has 1 fully saturated rings. The molecule has 6 heteroatoms. The highest BCUT2D eigenvalue weighted by atomic mass is 32.2. The molecule has 2 aliphatic heterocycles. The molecule has 80 valence electrons. The second kappa shape index (κ2) is 3.42. The maximum absolute atomic E-state index is 11.3. The fraction of sp³-hybridized carbons (Fsp3) is 0.875. The lowest BCUT2D eigenvalue weighted by molar-refractivity contribution is 0.269. The first kappa shape index (κ1) is 9.76. The standard InChI is InChI=1S/C8H15N3O2S/c1-2-10-4-3-5-11-6-7-14(12,13)9-8(10)11/h2-7H2,1H3. The molecular weight excluding hydrogens is 202 g/mol. The van der Waals surface area contributed by atoms with Crippen LogP contribution in [0.15, 0.2) is 4.40 Å². The van der Waals surface area contributed by atoms with E-state index in [4.69, 9.17) is 0 Å². The van der Waals surface area contributed by atoms with Crippen molar-refractivity contribution in [3.63, 3.8) is 0 Å². The summed E-state index contributed by atoms with van der Waals surface area (Å²) in [4.78, 5) is 4.09. The summed E-state index contributed by atoms with van der Waals surface area (Å²) in [7, 11) is -3.19. The fourth-order valence-electron chi connectivity index (χ4n) is 1.87. The van der Waals surface area contributed by atoms with E-state index in [1.165, 1.54) is 0 Å². The minimum absolute atomic E-state index is 0.161. The van der Waals surface area contributed by atoms with Gasteiger partial charge < -0.3 is 9.80 Å². The summed E-state index contributed by atoms with van der Waals surface area (Å²) >= 11 is 0. The Labute approximate surface area is 84.5 Å². The van der Waals surface area contributed by atoms with E-state index in [0.717, 1.165) is 26.1 Å². The van der Waals surface area contributed by atoms with Crippen LogP contribution in [-0.2, 0) is 10.0 Å². The molecule has 14 heavy (non-hydrogen) atoms. The molecule has 2 rings (SSSR count). The Morgan fingerprint density at radius 2 is 2.14 bits per heavy atom. The molecule has 0 amide bonds. The fourth-order valence-corrected chi connectivity index (χ4v) is 2.90. The zero-order valence-corrected chi connectivity index (χ0v) is 9.13. The number of guanidine groups is 1. The Kier molecular flexibility index (Phi) is 2.38. The number of nitrogens with zero attached hydrogens (tertiary/aromatic N) is 3.